The number of hydrogen-bond donors (Lipinski definition) is 2. The number of anilines is 1. The second-order valence-electron chi connectivity index (χ2n) is 5.15. The number of benzene rings is 1. The number of amides is 4. The molecule has 1 aliphatic heterocycles. The molecule has 2 N–H and O–H groups in total. The molecule has 1 fully saturated rings. The summed E-state index contributed by atoms with van der Waals surface area (Å²) < 4.78 is 0. The topological polar surface area (TPSA) is 78.5 Å². The lowest BCUT2D eigenvalue weighted by atomic mass is 10.1. The zero-order chi connectivity index (χ0) is 15.6. The third-order valence-corrected chi connectivity index (χ3v) is 3.40. The van der Waals surface area contributed by atoms with E-state index in [0.29, 0.717) is 10.7 Å². The molecular weight excluding hydrogens is 294 g/mol. The van der Waals surface area contributed by atoms with E-state index in [2.05, 4.69) is 10.6 Å². The molecule has 2 rings (SSSR count). The van der Waals surface area contributed by atoms with Crippen LogP contribution in [0.5, 0.6) is 0 Å². The molecule has 7 heteroatoms. The largest absolute Gasteiger partial charge is 0.326 e. The maximum absolute atomic E-state index is 12.0. The molecule has 1 atom stereocenters. The van der Waals surface area contributed by atoms with Crippen molar-refractivity contribution < 1.29 is 14.4 Å². The molecule has 21 heavy (non-hydrogen) atoms. The summed E-state index contributed by atoms with van der Waals surface area (Å²) in [5.41, 5.74) is 0.553. The van der Waals surface area contributed by atoms with Crippen molar-refractivity contribution >= 4 is 35.1 Å². The van der Waals surface area contributed by atoms with Crippen LogP contribution in [-0.2, 0) is 9.59 Å². The summed E-state index contributed by atoms with van der Waals surface area (Å²) in [4.78, 5) is 36.6. The van der Waals surface area contributed by atoms with Gasteiger partial charge in [-0.15, -0.1) is 0 Å². The van der Waals surface area contributed by atoms with Gasteiger partial charge in [0.05, 0.1) is 0 Å². The van der Waals surface area contributed by atoms with Crippen molar-refractivity contribution in [1.82, 2.24) is 10.2 Å². The number of hydrogen-bond acceptors (Lipinski definition) is 3. The first-order chi connectivity index (χ1) is 9.88. The molecule has 1 saturated heterocycles. The van der Waals surface area contributed by atoms with Crippen LogP contribution in [0.15, 0.2) is 24.3 Å². The minimum atomic E-state index is -0.569. The Kier molecular flexibility index (Phi) is 4.47. The van der Waals surface area contributed by atoms with Gasteiger partial charge in [-0.3, -0.25) is 14.5 Å². The van der Waals surface area contributed by atoms with Crippen LogP contribution in [0.4, 0.5) is 10.5 Å². The smallest absolute Gasteiger partial charge is 0.325 e. The third kappa shape index (κ3) is 3.52. The second-order valence-corrected chi connectivity index (χ2v) is 5.59. The maximum atomic E-state index is 12.0. The molecule has 6 nitrogen and oxygen atoms in total. The highest BCUT2D eigenvalue weighted by Crippen LogP contribution is 2.15. The predicted octanol–water partition coefficient (Wildman–Crippen LogP) is 1.85. The summed E-state index contributed by atoms with van der Waals surface area (Å²) in [6, 6.07) is 5.46. The Balaban J connectivity index is 1.98. The summed E-state index contributed by atoms with van der Waals surface area (Å²) in [7, 11) is 0. The van der Waals surface area contributed by atoms with Crippen LogP contribution in [0.25, 0.3) is 0 Å². The summed E-state index contributed by atoms with van der Waals surface area (Å²) >= 11 is 5.75. The summed E-state index contributed by atoms with van der Waals surface area (Å²) in [5.74, 6) is -0.836. The molecule has 0 saturated carbocycles. The van der Waals surface area contributed by atoms with Gasteiger partial charge in [-0.05, 0) is 30.2 Å². The standard InChI is InChI=1S/C14H16ClN3O3/c1-8(2)12-13(20)18(14(21)17-12)7-11(19)16-10-5-3-9(15)4-6-10/h3-6,8,12H,7H2,1-2H3,(H,16,19)(H,17,21)/t12-/m1/s1. The molecular formula is C14H16ClN3O3. The molecule has 1 aromatic carbocycles. The van der Waals surface area contributed by atoms with Gasteiger partial charge in [-0.1, -0.05) is 25.4 Å². The van der Waals surface area contributed by atoms with Gasteiger partial charge in [-0.25, -0.2) is 4.79 Å². The van der Waals surface area contributed by atoms with Crippen molar-refractivity contribution in [2.45, 2.75) is 19.9 Å². The Bertz CT molecular complexity index is 571. The van der Waals surface area contributed by atoms with Gasteiger partial charge in [0.25, 0.3) is 5.91 Å². The monoisotopic (exact) mass is 309 g/mol. The number of urea groups is 1. The zero-order valence-electron chi connectivity index (χ0n) is 11.7. The lowest BCUT2D eigenvalue weighted by Crippen LogP contribution is -2.39. The van der Waals surface area contributed by atoms with Crippen molar-refractivity contribution in [3.63, 3.8) is 0 Å². The average Bonchev–Trinajstić information content (AvgIpc) is 2.69. The average molecular weight is 310 g/mol. The first-order valence-corrected chi connectivity index (χ1v) is 6.93. The van der Waals surface area contributed by atoms with Gasteiger partial charge < -0.3 is 10.6 Å². The second kappa shape index (κ2) is 6.13. The summed E-state index contributed by atoms with van der Waals surface area (Å²) in [5, 5.41) is 5.74. The molecule has 0 aromatic heterocycles. The van der Waals surface area contributed by atoms with E-state index in [1.807, 2.05) is 13.8 Å². The van der Waals surface area contributed by atoms with Crippen molar-refractivity contribution in [3.05, 3.63) is 29.3 Å². The Labute approximate surface area is 127 Å². The van der Waals surface area contributed by atoms with Gasteiger partial charge in [0, 0.05) is 10.7 Å². The highest BCUT2D eigenvalue weighted by atomic mass is 35.5. The zero-order valence-corrected chi connectivity index (χ0v) is 12.5. The molecule has 0 unspecified atom stereocenters. The minimum Gasteiger partial charge on any atom is -0.326 e. The molecule has 1 aromatic rings. The van der Waals surface area contributed by atoms with E-state index < -0.39 is 18.0 Å². The van der Waals surface area contributed by atoms with E-state index in [1.165, 1.54) is 0 Å². The Morgan fingerprint density at radius 3 is 2.48 bits per heavy atom. The van der Waals surface area contributed by atoms with E-state index in [4.69, 9.17) is 11.6 Å². The quantitative estimate of drug-likeness (QED) is 0.833. The van der Waals surface area contributed by atoms with E-state index >= 15 is 0 Å². The van der Waals surface area contributed by atoms with Crippen LogP contribution in [0.3, 0.4) is 0 Å². The van der Waals surface area contributed by atoms with Crippen molar-refractivity contribution in [1.29, 1.82) is 0 Å². The fraction of sp³-hybridized carbons (Fsp3) is 0.357. The predicted molar refractivity (Wildman–Crippen MR) is 79.0 cm³/mol. The normalized spacial score (nSPS) is 18.1. The number of imide groups is 1. The number of carbonyl (C=O) groups excluding carboxylic acids is 3. The molecule has 0 spiro atoms. The molecule has 0 aliphatic carbocycles. The van der Waals surface area contributed by atoms with Gasteiger partial charge in [0.2, 0.25) is 5.91 Å². The number of rotatable bonds is 4. The lowest BCUT2D eigenvalue weighted by molar-refractivity contribution is -0.131. The van der Waals surface area contributed by atoms with Crippen LogP contribution in [0.1, 0.15) is 13.8 Å². The molecule has 1 aliphatic rings. The van der Waals surface area contributed by atoms with Crippen LogP contribution >= 0.6 is 11.6 Å². The van der Waals surface area contributed by atoms with Gasteiger partial charge in [0.15, 0.2) is 0 Å². The van der Waals surface area contributed by atoms with Gasteiger partial charge in [-0.2, -0.15) is 0 Å². The fourth-order valence-corrected chi connectivity index (χ4v) is 2.15. The number of carbonyl (C=O) groups is 3. The first kappa shape index (κ1) is 15.3. The van der Waals surface area contributed by atoms with Crippen molar-refractivity contribution in [3.8, 4) is 0 Å². The Morgan fingerprint density at radius 1 is 1.33 bits per heavy atom. The van der Waals surface area contributed by atoms with Crippen LogP contribution in [-0.4, -0.2) is 35.3 Å². The Morgan fingerprint density at radius 2 is 1.95 bits per heavy atom. The van der Waals surface area contributed by atoms with Crippen LogP contribution < -0.4 is 10.6 Å². The number of nitrogens with one attached hydrogen (secondary N) is 2. The van der Waals surface area contributed by atoms with E-state index in [0.717, 1.165) is 4.90 Å². The molecule has 0 bridgehead atoms. The van der Waals surface area contributed by atoms with Crippen molar-refractivity contribution in [2.75, 3.05) is 11.9 Å². The van der Waals surface area contributed by atoms with E-state index in [1.54, 1.807) is 24.3 Å². The van der Waals surface area contributed by atoms with Gasteiger partial charge >= 0.3 is 6.03 Å². The van der Waals surface area contributed by atoms with Gasteiger partial charge in [0.1, 0.15) is 12.6 Å². The maximum Gasteiger partial charge on any atom is 0.325 e. The molecule has 0 radical (unpaired) electrons. The van der Waals surface area contributed by atoms with Crippen LogP contribution in [0, 0.1) is 5.92 Å². The molecule has 4 amide bonds. The number of nitrogens with zero attached hydrogens (tertiary/aromatic N) is 1. The minimum absolute atomic E-state index is 0.0224. The molecule has 1 heterocycles. The molecule has 112 valence electrons. The Hall–Kier alpha value is -2.08. The summed E-state index contributed by atoms with van der Waals surface area (Å²) in [6.07, 6.45) is 0. The third-order valence-electron chi connectivity index (χ3n) is 3.15. The first-order valence-electron chi connectivity index (χ1n) is 6.56. The fourth-order valence-electron chi connectivity index (χ4n) is 2.02. The van der Waals surface area contributed by atoms with Crippen LogP contribution in [0.2, 0.25) is 5.02 Å². The van der Waals surface area contributed by atoms with Crippen molar-refractivity contribution in [2.24, 2.45) is 5.92 Å². The highest BCUT2D eigenvalue weighted by Gasteiger charge is 2.40. The van der Waals surface area contributed by atoms with E-state index in [-0.39, 0.29) is 18.4 Å². The van der Waals surface area contributed by atoms with E-state index in [9.17, 15) is 14.4 Å². The SMILES string of the molecule is CC(C)[C@H]1NC(=O)N(CC(=O)Nc2ccc(Cl)cc2)C1=O. The highest BCUT2D eigenvalue weighted by molar-refractivity contribution is 6.30. The summed E-state index contributed by atoms with van der Waals surface area (Å²) in [6.45, 7) is 3.36. The number of halogens is 1. The lowest BCUT2D eigenvalue weighted by Gasteiger charge is -2.14.